The fourth-order valence-corrected chi connectivity index (χ4v) is 13.6. The Morgan fingerprint density at radius 1 is 0.438 bits per heavy atom. The van der Waals surface area contributed by atoms with E-state index in [-0.39, 0.29) is 0 Å². The largest absolute Gasteiger partial charge is 0.673 e. The fraction of sp³-hybridized carbons (Fsp3) is 1.00. The Morgan fingerprint density at radius 3 is 0.812 bits per heavy atom. The maximum Gasteiger partial charge on any atom is 0.673 e. The molecule has 0 aromatic carbocycles. The number of hydrogen-bond acceptors (Lipinski definition) is 13. The lowest BCUT2D eigenvalue weighted by molar-refractivity contribution is -0.0988. The summed E-state index contributed by atoms with van der Waals surface area (Å²) in [5.74, 6) is 0. The standard InChI is InChI=1S/C15H40O13Si4/c1-13-15(3,14-2)25-32(26-29(16-4,17-5)18-6,27-30(19-7,20-8)21-9)28-31(22-10,23-11)24-12/h13-14H2,1-12H3. The predicted molar refractivity (Wildman–Crippen MR) is 119 cm³/mol. The summed E-state index contributed by atoms with van der Waals surface area (Å²) in [7, 11) is -3.84. The van der Waals surface area contributed by atoms with Crippen molar-refractivity contribution < 1.29 is 56.6 Å². The van der Waals surface area contributed by atoms with Gasteiger partial charge < -0.3 is 56.6 Å². The van der Waals surface area contributed by atoms with Gasteiger partial charge in [0.2, 0.25) is 0 Å². The highest BCUT2D eigenvalue weighted by atomic mass is 28.5. The molecule has 0 aliphatic rings. The van der Waals surface area contributed by atoms with Crippen molar-refractivity contribution in [1.82, 2.24) is 0 Å². The molecule has 13 nitrogen and oxygen atoms in total. The van der Waals surface area contributed by atoms with Crippen molar-refractivity contribution in [3.8, 4) is 0 Å². The summed E-state index contributed by atoms with van der Waals surface area (Å²) < 4.78 is 74.3. The molecule has 0 bridgehead atoms. The van der Waals surface area contributed by atoms with Crippen LogP contribution in [0.4, 0.5) is 0 Å². The van der Waals surface area contributed by atoms with E-state index in [2.05, 4.69) is 0 Å². The van der Waals surface area contributed by atoms with Gasteiger partial charge in [0.25, 0.3) is 0 Å². The van der Waals surface area contributed by atoms with Gasteiger partial charge in [-0.15, -0.1) is 0 Å². The summed E-state index contributed by atoms with van der Waals surface area (Å²) in [5.41, 5.74) is -0.785. The highest BCUT2D eigenvalue weighted by Gasteiger charge is 2.70. The zero-order valence-corrected chi connectivity index (χ0v) is 25.2. The van der Waals surface area contributed by atoms with Crippen LogP contribution in [0.3, 0.4) is 0 Å². The van der Waals surface area contributed by atoms with Crippen LogP contribution < -0.4 is 0 Å². The van der Waals surface area contributed by atoms with Crippen LogP contribution in [0.25, 0.3) is 0 Å². The Kier molecular flexibility index (Phi) is 14.2. The van der Waals surface area contributed by atoms with E-state index in [1.807, 2.05) is 20.8 Å². The molecule has 0 fully saturated rings. The van der Waals surface area contributed by atoms with Crippen molar-refractivity contribution in [3.05, 3.63) is 0 Å². The lowest BCUT2D eigenvalue weighted by Gasteiger charge is -2.43. The minimum Gasteiger partial charge on any atom is -0.355 e. The molecule has 0 radical (unpaired) electrons. The van der Waals surface area contributed by atoms with Crippen molar-refractivity contribution in [2.24, 2.45) is 0 Å². The van der Waals surface area contributed by atoms with E-state index >= 15 is 0 Å². The average Bonchev–Trinajstić information content (AvgIpc) is 2.84. The van der Waals surface area contributed by atoms with E-state index in [0.717, 1.165) is 0 Å². The summed E-state index contributed by atoms with van der Waals surface area (Å²) in [4.78, 5) is 0. The molecule has 0 aliphatic heterocycles. The van der Waals surface area contributed by atoms with Gasteiger partial charge in [-0.1, -0.05) is 13.8 Å². The molecule has 0 rings (SSSR count). The molecule has 0 spiro atoms. The van der Waals surface area contributed by atoms with Gasteiger partial charge in [0.1, 0.15) is 0 Å². The third-order valence-corrected chi connectivity index (χ3v) is 16.1. The first-order chi connectivity index (χ1) is 15.0. The van der Waals surface area contributed by atoms with Crippen LogP contribution in [0.15, 0.2) is 0 Å². The summed E-state index contributed by atoms with van der Waals surface area (Å²) in [6, 6.07) is 0. The summed E-state index contributed by atoms with van der Waals surface area (Å²) >= 11 is 0. The highest BCUT2D eigenvalue weighted by molar-refractivity contribution is 6.79. The summed E-state index contributed by atoms with van der Waals surface area (Å²) in [5, 5.41) is 0. The normalized spacial score (nSPS) is 14.2. The van der Waals surface area contributed by atoms with Crippen molar-refractivity contribution >= 4 is 36.2 Å². The van der Waals surface area contributed by atoms with Gasteiger partial charge in [-0.2, -0.15) is 0 Å². The van der Waals surface area contributed by atoms with Gasteiger partial charge in [0.05, 0.1) is 5.60 Å². The second-order valence-corrected chi connectivity index (χ2v) is 16.7. The lowest BCUT2D eigenvalue weighted by Crippen LogP contribution is -2.72. The van der Waals surface area contributed by atoms with E-state index in [1.165, 1.54) is 64.0 Å². The van der Waals surface area contributed by atoms with E-state index < -0.39 is 41.8 Å². The Morgan fingerprint density at radius 2 is 0.656 bits per heavy atom. The van der Waals surface area contributed by atoms with Gasteiger partial charge in [-0.05, 0) is 19.8 Å². The van der Waals surface area contributed by atoms with E-state index in [1.54, 1.807) is 0 Å². The molecular formula is C15H40O13Si4. The minimum absolute atomic E-state index is 0.568. The lowest BCUT2D eigenvalue weighted by atomic mass is 10.0. The first-order valence-corrected chi connectivity index (χ1v) is 16.3. The predicted octanol–water partition coefficient (Wildman–Crippen LogP) is 1.19. The summed E-state index contributed by atoms with van der Waals surface area (Å²) in [6.45, 7) is 5.75. The van der Waals surface area contributed by atoms with Gasteiger partial charge in [-0.25, -0.2) is 0 Å². The molecule has 17 heteroatoms. The quantitative estimate of drug-likeness (QED) is 0.218. The third kappa shape index (κ3) is 7.95. The Balaban J connectivity index is 6.97. The smallest absolute Gasteiger partial charge is 0.355 e. The molecule has 0 aromatic rings. The SMILES string of the molecule is CCC(C)(CC)O[Si](O[Si](OC)(OC)OC)(O[Si](OC)(OC)OC)O[Si](OC)(OC)OC. The topological polar surface area (TPSA) is 120 Å². The summed E-state index contributed by atoms with van der Waals surface area (Å²) in [6.07, 6.45) is 1.14. The van der Waals surface area contributed by atoms with Gasteiger partial charge in [0, 0.05) is 64.0 Å². The van der Waals surface area contributed by atoms with Crippen molar-refractivity contribution in [3.63, 3.8) is 0 Å². The maximum absolute atomic E-state index is 6.46. The van der Waals surface area contributed by atoms with Crippen molar-refractivity contribution in [2.75, 3.05) is 64.0 Å². The molecule has 194 valence electrons. The molecule has 0 amide bonds. The van der Waals surface area contributed by atoms with Crippen molar-refractivity contribution in [2.45, 2.75) is 39.2 Å². The van der Waals surface area contributed by atoms with Gasteiger partial charge in [0.15, 0.2) is 0 Å². The van der Waals surface area contributed by atoms with E-state index in [0.29, 0.717) is 12.8 Å². The third-order valence-electron chi connectivity index (χ3n) is 4.87. The second-order valence-electron chi connectivity index (χ2n) is 6.40. The Hall–Kier alpha value is 0.348. The Bertz CT molecular complexity index is 434. The second kappa shape index (κ2) is 14.0. The van der Waals surface area contributed by atoms with Gasteiger partial charge >= 0.3 is 36.2 Å². The molecule has 0 atom stereocenters. The van der Waals surface area contributed by atoms with Gasteiger partial charge in [-0.3, -0.25) is 0 Å². The van der Waals surface area contributed by atoms with Crippen LogP contribution in [0, 0.1) is 0 Å². The maximum atomic E-state index is 6.46. The van der Waals surface area contributed by atoms with E-state index in [9.17, 15) is 0 Å². The monoisotopic (exact) mass is 540 g/mol. The minimum atomic E-state index is -4.51. The van der Waals surface area contributed by atoms with Crippen LogP contribution in [0.2, 0.25) is 0 Å². The van der Waals surface area contributed by atoms with Crippen LogP contribution in [-0.2, 0) is 56.6 Å². The number of hydrogen-bond donors (Lipinski definition) is 0. The molecule has 32 heavy (non-hydrogen) atoms. The first kappa shape index (κ1) is 32.3. The molecule has 0 heterocycles. The molecule has 0 saturated carbocycles. The first-order valence-electron chi connectivity index (χ1n) is 9.77. The molecule has 0 N–H and O–H groups in total. The zero-order valence-electron chi connectivity index (χ0n) is 21.2. The molecule has 0 aromatic heterocycles. The highest BCUT2D eigenvalue weighted by Crippen LogP contribution is 2.34. The van der Waals surface area contributed by atoms with Crippen molar-refractivity contribution in [1.29, 1.82) is 0 Å². The molecule has 0 aliphatic carbocycles. The molecule has 0 unspecified atom stereocenters. The van der Waals surface area contributed by atoms with Crippen LogP contribution in [0.5, 0.6) is 0 Å². The van der Waals surface area contributed by atoms with Crippen LogP contribution in [-0.4, -0.2) is 106 Å². The van der Waals surface area contributed by atoms with Crippen LogP contribution >= 0.6 is 0 Å². The average molecular weight is 541 g/mol. The Labute approximate surface area is 196 Å². The molecule has 0 saturated heterocycles. The zero-order chi connectivity index (χ0) is 25.1. The molecular weight excluding hydrogens is 500 g/mol. The number of rotatable bonds is 19. The van der Waals surface area contributed by atoms with E-state index in [4.69, 9.17) is 56.6 Å². The van der Waals surface area contributed by atoms with Crippen LogP contribution in [0.1, 0.15) is 33.6 Å². The fourth-order valence-electron chi connectivity index (χ4n) is 2.41.